The number of rotatable bonds is 6. The Labute approximate surface area is 179 Å². The summed E-state index contributed by atoms with van der Waals surface area (Å²) in [5.41, 5.74) is 0.727. The minimum atomic E-state index is -4.05. The fourth-order valence-electron chi connectivity index (χ4n) is 2.63. The molecule has 0 saturated heterocycles. The lowest BCUT2D eigenvalue weighted by Crippen LogP contribution is -2.13. The van der Waals surface area contributed by atoms with Crippen molar-refractivity contribution in [1.82, 2.24) is 4.98 Å². The molecule has 0 fully saturated rings. The zero-order valence-electron chi connectivity index (χ0n) is 15.1. The number of aromatic nitrogens is 1. The second-order valence-corrected chi connectivity index (χ2v) is 10.1. The van der Waals surface area contributed by atoms with E-state index in [0.717, 1.165) is 16.3 Å². The van der Waals surface area contributed by atoms with Crippen LogP contribution in [0.3, 0.4) is 0 Å². The number of nitro groups is 1. The van der Waals surface area contributed by atoms with Gasteiger partial charge in [-0.1, -0.05) is 30.0 Å². The number of fused-ring (bicyclic) bond motifs is 1. The molecule has 0 aliphatic rings. The predicted molar refractivity (Wildman–Crippen MR) is 116 cm³/mol. The van der Waals surface area contributed by atoms with E-state index in [2.05, 4.69) is 9.71 Å². The number of phenols is 1. The van der Waals surface area contributed by atoms with Gasteiger partial charge in [0.25, 0.3) is 15.7 Å². The van der Waals surface area contributed by atoms with Gasteiger partial charge in [-0.05, 0) is 36.4 Å². The Morgan fingerprint density at radius 1 is 1.07 bits per heavy atom. The van der Waals surface area contributed by atoms with Crippen LogP contribution in [0.5, 0.6) is 5.75 Å². The van der Waals surface area contributed by atoms with Crippen molar-refractivity contribution in [3.63, 3.8) is 0 Å². The highest BCUT2D eigenvalue weighted by Gasteiger charge is 2.19. The Morgan fingerprint density at radius 3 is 2.63 bits per heavy atom. The number of thiazole rings is 1. The molecular formula is C19H13N3O5S3. The summed E-state index contributed by atoms with van der Waals surface area (Å²) in [5, 5.41) is 21.1. The van der Waals surface area contributed by atoms with Crippen molar-refractivity contribution in [1.29, 1.82) is 0 Å². The normalized spacial score (nSPS) is 11.5. The molecule has 0 aliphatic heterocycles. The van der Waals surface area contributed by atoms with Gasteiger partial charge >= 0.3 is 0 Å². The van der Waals surface area contributed by atoms with E-state index in [1.54, 1.807) is 0 Å². The lowest BCUT2D eigenvalue weighted by atomic mass is 10.3. The second-order valence-electron chi connectivity index (χ2n) is 6.09. The smallest absolute Gasteiger partial charge is 0.270 e. The fraction of sp³-hybridized carbons (Fsp3) is 0. The van der Waals surface area contributed by atoms with Crippen LogP contribution in [-0.4, -0.2) is 23.4 Å². The third-order valence-corrected chi connectivity index (χ3v) is 7.55. The van der Waals surface area contributed by atoms with Gasteiger partial charge in [0.05, 0.1) is 30.6 Å². The number of sulfonamides is 1. The highest BCUT2D eigenvalue weighted by atomic mass is 32.2. The van der Waals surface area contributed by atoms with E-state index in [1.807, 2.05) is 24.3 Å². The third-order valence-electron chi connectivity index (χ3n) is 4.02. The first-order valence-corrected chi connectivity index (χ1v) is 11.6. The molecule has 2 N–H and O–H groups in total. The molecule has 11 heteroatoms. The topological polar surface area (TPSA) is 122 Å². The van der Waals surface area contributed by atoms with Crippen LogP contribution >= 0.6 is 23.1 Å². The van der Waals surface area contributed by atoms with Crippen molar-refractivity contribution >= 4 is 54.7 Å². The molecule has 0 amide bonds. The summed E-state index contributed by atoms with van der Waals surface area (Å²) < 4.78 is 29.4. The van der Waals surface area contributed by atoms with Crippen LogP contribution in [0.2, 0.25) is 0 Å². The maximum Gasteiger partial charge on any atom is 0.270 e. The largest absolute Gasteiger partial charge is 0.507 e. The molecular weight excluding hydrogens is 446 g/mol. The number of aromatic hydroxyl groups is 1. The number of hydrogen-bond acceptors (Lipinski definition) is 8. The zero-order valence-corrected chi connectivity index (χ0v) is 17.5. The molecule has 0 aliphatic carbocycles. The van der Waals surface area contributed by atoms with Gasteiger partial charge in [-0.15, -0.1) is 11.3 Å². The predicted octanol–water partition coefficient (Wildman–Crippen LogP) is 4.86. The summed E-state index contributed by atoms with van der Waals surface area (Å²) in [6, 6.07) is 16.7. The van der Waals surface area contributed by atoms with Crippen LogP contribution in [0.1, 0.15) is 0 Å². The first-order valence-electron chi connectivity index (χ1n) is 8.45. The standard InChI is InChI=1S/C19H13N3O5S3/c23-16-9-8-12(21-30(26,27)14-5-3-4-13(11-14)22(24)25)10-18(16)29-19-20-15-6-1-2-7-17(15)28-19/h1-11,21,23H. The Morgan fingerprint density at radius 2 is 1.87 bits per heavy atom. The van der Waals surface area contributed by atoms with Crippen molar-refractivity contribution in [3.8, 4) is 5.75 Å². The van der Waals surface area contributed by atoms with Gasteiger partial charge < -0.3 is 5.11 Å². The van der Waals surface area contributed by atoms with Crippen molar-refractivity contribution in [2.45, 2.75) is 14.1 Å². The molecule has 0 spiro atoms. The van der Waals surface area contributed by atoms with E-state index in [-0.39, 0.29) is 22.0 Å². The molecule has 0 unspecified atom stereocenters. The molecule has 1 heterocycles. The summed E-state index contributed by atoms with van der Waals surface area (Å²) in [4.78, 5) is 14.9. The SMILES string of the molecule is O=[N+]([O-])c1cccc(S(=O)(=O)Nc2ccc(O)c(Sc3nc4ccccc4s3)c2)c1. The Kier molecular flexibility index (Phi) is 5.33. The maximum absolute atomic E-state index is 12.6. The molecule has 4 aromatic rings. The van der Waals surface area contributed by atoms with Gasteiger partial charge in [-0.3, -0.25) is 14.8 Å². The van der Waals surface area contributed by atoms with Gasteiger partial charge in [0.1, 0.15) is 5.75 Å². The number of nitrogens with one attached hydrogen (secondary N) is 1. The number of non-ortho nitro benzene ring substituents is 1. The van der Waals surface area contributed by atoms with Crippen LogP contribution in [0, 0.1) is 10.1 Å². The lowest BCUT2D eigenvalue weighted by Gasteiger charge is -2.10. The molecule has 3 aromatic carbocycles. The van der Waals surface area contributed by atoms with Crippen LogP contribution in [0.15, 0.2) is 80.9 Å². The number of para-hydroxylation sites is 1. The number of benzene rings is 3. The summed E-state index contributed by atoms with van der Waals surface area (Å²) in [6.07, 6.45) is 0. The van der Waals surface area contributed by atoms with Gasteiger partial charge in [0.2, 0.25) is 0 Å². The van der Waals surface area contributed by atoms with Gasteiger partial charge in [0, 0.05) is 12.1 Å². The van der Waals surface area contributed by atoms with Crippen molar-refractivity contribution < 1.29 is 18.4 Å². The Bertz CT molecular complexity index is 1340. The van der Waals surface area contributed by atoms with E-state index in [0.29, 0.717) is 9.24 Å². The molecule has 8 nitrogen and oxygen atoms in total. The van der Waals surface area contributed by atoms with Crippen molar-refractivity contribution in [3.05, 3.63) is 76.8 Å². The first-order chi connectivity index (χ1) is 14.3. The van der Waals surface area contributed by atoms with E-state index < -0.39 is 14.9 Å². The van der Waals surface area contributed by atoms with E-state index in [9.17, 15) is 23.6 Å². The second kappa shape index (κ2) is 7.94. The van der Waals surface area contributed by atoms with Crippen LogP contribution in [0.25, 0.3) is 10.2 Å². The van der Waals surface area contributed by atoms with E-state index >= 15 is 0 Å². The minimum absolute atomic E-state index is 0.0162. The molecule has 0 radical (unpaired) electrons. The van der Waals surface area contributed by atoms with E-state index in [1.165, 1.54) is 59.5 Å². The summed E-state index contributed by atoms with van der Waals surface area (Å²) in [7, 11) is -4.05. The third kappa shape index (κ3) is 4.22. The van der Waals surface area contributed by atoms with E-state index in [4.69, 9.17) is 0 Å². The van der Waals surface area contributed by atoms with Crippen molar-refractivity contribution in [2.75, 3.05) is 4.72 Å². The number of phenolic OH excluding ortho intramolecular Hbond substituents is 1. The molecule has 1 aromatic heterocycles. The average molecular weight is 460 g/mol. The molecule has 0 saturated carbocycles. The lowest BCUT2D eigenvalue weighted by molar-refractivity contribution is -0.385. The van der Waals surface area contributed by atoms with Crippen LogP contribution in [-0.2, 0) is 10.0 Å². The highest BCUT2D eigenvalue weighted by molar-refractivity contribution is 8.01. The fourth-order valence-corrected chi connectivity index (χ4v) is 5.81. The van der Waals surface area contributed by atoms with Crippen LogP contribution in [0.4, 0.5) is 11.4 Å². The maximum atomic E-state index is 12.6. The Hall–Kier alpha value is -3.15. The number of anilines is 1. The quantitative estimate of drug-likeness (QED) is 0.240. The number of nitro benzene ring substituents is 1. The molecule has 152 valence electrons. The molecule has 30 heavy (non-hydrogen) atoms. The molecule has 0 bridgehead atoms. The summed E-state index contributed by atoms with van der Waals surface area (Å²) >= 11 is 2.67. The Balaban J connectivity index is 1.61. The average Bonchev–Trinajstić information content (AvgIpc) is 3.13. The minimum Gasteiger partial charge on any atom is -0.507 e. The molecule has 4 rings (SSSR count). The number of nitrogens with zero attached hydrogens (tertiary/aromatic N) is 2. The number of hydrogen-bond donors (Lipinski definition) is 2. The van der Waals surface area contributed by atoms with Crippen LogP contribution < -0.4 is 4.72 Å². The molecule has 0 atom stereocenters. The first kappa shape index (κ1) is 20.1. The summed E-state index contributed by atoms with van der Waals surface area (Å²) in [5.74, 6) is -0.0162. The highest BCUT2D eigenvalue weighted by Crippen LogP contribution is 2.39. The van der Waals surface area contributed by atoms with Gasteiger partial charge in [-0.2, -0.15) is 0 Å². The van der Waals surface area contributed by atoms with Crippen molar-refractivity contribution in [2.24, 2.45) is 0 Å². The monoisotopic (exact) mass is 459 g/mol. The van der Waals surface area contributed by atoms with Gasteiger partial charge in [-0.25, -0.2) is 13.4 Å². The zero-order chi connectivity index (χ0) is 21.3. The van der Waals surface area contributed by atoms with Gasteiger partial charge in [0.15, 0.2) is 4.34 Å². The summed E-state index contributed by atoms with van der Waals surface area (Å²) in [6.45, 7) is 0.